The van der Waals surface area contributed by atoms with Gasteiger partial charge >= 0.3 is 0 Å². The molecule has 3 rings (SSSR count). The van der Waals surface area contributed by atoms with Gasteiger partial charge in [-0.25, -0.2) is 4.68 Å². The fraction of sp³-hybridized carbons (Fsp3) is 0.471. The van der Waals surface area contributed by atoms with Crippen LogP contribution in [0.4, 0.5) is 0 Å². The lowest BCUT2D eigenvalue weighted by Crippen LogP contribution is -2.46. The fourth-order valence-electron chi connectivity index (χ4n) is 2.82. The number of hydrogen-bond acceptors (Lipinski definition) is 4. The Hall–Kier alpha value is -1.92. The molecule has 0 radical (unpaired) electrons. The minimum Gasteiger partial charge on any atom is -0.345 e. The predicted octanol–water partition coefficient (Wildman–Crippen LogP) is 2.04. The number of piperidine rings is 1. The molecule has 0 spiro atoms. The first-order chi connectivity index (χ1) is 11.1. The first kappa shape index (κ1) is 18.4. The number of aromatic nitrogens is 3. The number of benzene rings is 1. The van der Waals surface area contributed by atoms with Gasteiger partial charge in [0.25, 0.3) is 0 Å². The van der Waals surface area contributed by atoms with Crippen molar-refractivity contribution in [1.29, 1.82) is 0 Å². The molecule has 2 heterocycles. The molecule has 1 aliphatic heterocycles. The highest BCUT2D eigenvalue weighted by atomic mass is 35.5. The minimum atomic E-state index is -0.547. The Labute approximate surface area is 148 Å². The molecule has 1 aromatic carbocycles. The number of hydrogen-bond donors (Lipinski definition) is 2. The van der Waals surface area contributed by atoms with Gasteiger partial charge in [-0.3, -0.25) is 4.79 Å². The third-order valence-corrected chi connectivity index (χ3v) is 4.30. The Kier molecular flexibility index (Phi) is 5.96. The normalized spacial score (nSPS) is 15.6. The van der Waals surface area contributed by atoms with Gasteiger partial charge in [-0.05, 0) is 51.9 Å². The summed E-state index contributed by atoms with van der Waals surface area (Å²) in [6, 6.07) is 9.82. The van der Waals surface area contributed by atoms with Crippen LogP contribution in [0.1, 0.15) is 32.4 Å². The van der Waals surface area contributed by atoms with Crippen LogP contribution < -0.4 is 10.6 Å². The van der Waals surface area contributed by atoms with Gasteiger partial charge in [0, 0.05) is 5.92 Å². The number of nitrogens with one attached hydrogen (secondary N) is 2. The lowest BCUT2D eigenvalue weighted by molar-refractivity contribution is -0.127. The van der Waals surface area contributed by atoms with E-state index in [-0.39, 0.29) is 24.2 Å². The van der Waals surface area contributed by atoms with E-state index in [1.807, 2.05) is 50.4 Å². The van der Waals surface area contributed by atoms with E-state index in [1.54, 1.807) is 4.68 Å². The Morgan fingerprint density at radius 2 is 1.92 bits per heavy atom. The first-order valence-corrected chi connectivity index (χ1v) is 8.07. The van der Waals surface area contributed by atoms with Gasteiger partial charge in [-0.2, -0.15) is 0 Å². The average molecular weight is 350 g/mol. The quantitative estimate of drug-likeness (QED) is 0.886. The maximum absolute atomic E-state index is 12.5. The van der Waals surface area contributed by atoms with Crippen LogP contribution in [0.3, 0.4) is 0 Å². The van der Waals surface area contributed by atoms with Crippen LogP contribution in [0.25, 0.3) is 5.69 Å². The monoisotopic (exact) mass is 349 g/mol. The van der Waals surface area contributed by atoms with E-state index in [1.165, 1.54) is 0 Å². The molecule has 6 nitrogen and oxygen atoms in total. The van der Waals surface area contributed by atoms with E-state index in [4.69, 9.17) is 0 Å². The first-order valence-electron chi connectivity index (χ1n) is 8.07. The number of amides is 1. The van der Waals surface area contributed by atoms with Gasteiger partial charge in [0.05, 0.1) is 17.4 Å². The third-order valence-electron chi connectivity index (χ3n) is 4.30. The Bertz CT molecular complexity index is 665. The summed E-state index contributed by atoms with van der Waals surface area (Å²) in [5, 5.41) is 14.8. The lowest BCUT2D eigenvalue weighted by Gasteiger charge is -2.28. The summed E-state index contributed by atoms with van der Waals surface area (Å²) in [7, 11) is 0. The van der Waals surface area contributed by atoms with Crippen LogP contribution in [-0.2, 0) is 10.3 Å². The third kappa shape index (κ3) is 4.13. The van der Waals surface area contributed by atoms with E-state index in [0.717, 1.165) is 37.3 Å². The lowest BCUT2D eigenvalue weighted by atomic mass is 9.94. The van der Waals surface area contributed by atoms with E-state index >= 15 is 0 Å². The van der Waals surface area contributed by atoms with Crippen LogP contribution in [0.5, 0.6) is 0 Å². The molecular weight excluding hydrogens is 326 g/mol. The highest BCUT2D eigenvalue weighted by Gasteiger charge is 2.30. The predicted molar refractivity (Wildman–Crippen MR) is 95.4 cm³/mol. The van der Waals surface area contributed by atoms with Crippen LogP contribution in [0.2, 0.25) is 0 Å². The Morgan fingerprint density at radius 1 is 1.25 bits per heavy atom. The van der Waals surface area contributed by atoms with E-state index in [0.29, 0.717) is 0 Å². The summed E-state index contributed by atoms with van der Waals surface area (Å²) in [4.78, 5) is 12.5. The van der Waals surface area contributed by atoms with Gasteiger partial charge in [0.1, 0.15) is 5.69 Å². The maximum Gasteiger partial charge on any atom is 0.223 e. The number of carbonyl (C=O) groups is 1. The molecule has 2 N–H and O–H groups in total. The standard InChI is InChI=1S/C17H23N5O.ClH/c1-17(2,19-16(23)13-8-10-18-11-9-13)15-12-22(21-20-15)14-6-4-3-5-7-14;/h3-7,12-13,18H,8-11H2,1-2H3,(H,19,23);1H. The number of halogens is 1. The summed E-state index contributed by atoms with van der Waals surface area (Å²) in [6.45, 7) is 5.74. The van der Waals surface area contributed by atoms with Crippen molar-refractivity contribution < 1.29 is 4.79 Å². The van der Waals surface area contributed by atoms with Crippen LogP contribution in [0, 0.1) is 5.92 Å². The second-order valence-electron chi connectivity index (χ2n) is 6.52. The number of nitrogens with zero attached hydrogens (tertiary/aromatic N) is 3. The molecule has 1 amide bonds. The topological polar surface area (TPSA) is 71.8 Å². The number of rotatable bonds is 4. The van der Waals surface area contributed by atoms with Crippen LogP contribution in [0.15, 0.2) is 36.5 Å². The summed E-state index contributed by atoms with van der Waals surface area (Å²) in [5.74, 6) is 0.186. The summed E-state index contributed by atoms with van der Waals surface area (Å²) < 4.78 is 1.73. The summed E-state index contributed by atoms with van der Waals surface area (Å²) in [5.41, 5.74) is 1.16. The molecule has 0 atom stereocenters. The van der Waals surface area contributed by atoms with Gasteiger partial charge in [0.2, 0.25) is 5.91 Å². The SMILES string of the molecule is CC(C)(NC(=O)C1CCNCC1)c1cn(-c2ccccc2)nn1.Cl. The van der Waals surface area contributed by atoms with Crippen molar-refractivity contribution in [3.8, 4) is 5.69 Å². The summed E-state index contributed by atoms with van der Waals surface area (Å²) >= 11 is 0. The fourth-order valence-corrected chi connectivity index (χ4v) is 2.82. The largest absolute Gasteiger partial charge is 0.345 e. The van der Waals surface area contributed by atoms with Gasteiger partial charge in [0.15, 0.2) is 0 Å². The molecule has 0 bridgehead atoms. The molecule has 1 aromatic heterocycles. The van der Waals surface area contributed by atoms with Crippen molar-refractivity contribution in [3.05, 3.63) is 42.2 Å². The van der Waals surface area contributed by atoms with Crippen molar-refractivity contribution in [2.24, 2.45) is 5.92 Å². The summed E-state index contributed by atoms with van der Waals surface area (Å²) in [6.07, 6.45) is 3.65. The molecule has 7 heteroatoms. The number of carbonyl (C=O) groups excluding carboxylic acids is 1. The van der Waals surface area contributed by atoms with Gasteiger partial charge in [-0.15, -0.1) is 17.5 Å². The van der Waals surface area contributed by atoms with Gasteiger partial charge < -0.3 is 10.6 Å². The number of para-hydroxylation sites is 1. The molecule has 0 aliphatic carbocycles. The average Bonchev–Trinajstić information content (AvgIpc) is 3.07. The molecule has 1 saturated heterocycles. The zero-order chi connectivity index (χ0) is 16.3. The second kappa shape index (κ2) is 7.77. The minimum absolute atomic E-state index is 0. The highest BCUT2D eigenvalue weighted by molar-refractivity contribution is 5.85. The van der Waals surface area contributed by atoms with E-state index in [2.05, 4.69) is 20.9 Å². The molecule has 1 fully saturated rings. The second-order valence-corrected chi connectivity index (χ2v) is 6.52. The van der Waals surface area contributed by atoms with Crippen LogP contribution in [-0.4, -0.2) is 34.0 Å². The van der Waals surface area contributed by atoms with E-state index < -0.39 is 5.54 Å². The Balaban J connectivity index is 0.00000208. The maximum atomic E-state index is 12.5. The van der Waals surface area contributed by atoms with Crippen LogP contribution >= 0.6 is 12.4 Å². The van der Waals surface area contributed by atoms with Crippen molar-refractivity contribution in [2.75, 3.05) is 13.1 Å². The van der Waals surface area contributed by atoms with Gasteiger partial charge in [-0.1, -0.05) is 23.4 Å². The Morgan fingerprint density at radius 3 is 2.58 bits per heavy atom. The molecule has 0 unspecified atom stereocenters. The molecular formula is C17H24ClN5O. The molecule has 1 aliphatic rings. The zero-order valence-electron chi connectivity index (χ0n) is 14.0. The van der Waals surface area contributed by atoms with Crippen molar-refractivity contribution >= 4 is 18.3 Å². The molecule has 2 aromatic rings. The van der Waals surface area contributed by atoms with Crippen molar-refractivity contribution in [3.63, 3.8) is 0 Å². The highest BCUT2D eigenvalue weighted by Crippen LogP contribution is 2.21. The zero-order valence-corrected chi connectivity index (χ0v) is 14.8. The molecule has 130 valence electrons. The van der Waals surface area contributed by atoms with E-state index in [9.17, 15) is 4.79 Å². The van der Waals surface area contributed by atoms with Crippen molar-refractivity contribution in [2.45, 2.75) is 32.2 Å². The van der Waals surface area contributed by atoms with Crippen molar-refractivity contribution in [1.82, 2.24) is 25.6 Å². The smallest absolute Gasteiger partial charge is 0.223 e. The molecule has 0 saturated carbocycles. The molecule has 24 heavy (non-hydrogen) atoms.